The summed E-state index contributed by atoms with van der Waals surface area (Å²) < 4.78 is 15.1. The second-order valence-corrected chi connectivity index (χ2v) is 10.0. The predicted molar refractivity (Wildman–Crippen MR) is 145 cm³/mol. The van der Waals surface area contributed by atoms with Gasteiger partial charge in [-0.1, -0.05) is 112 Å². The minimum absolute atomic E-state index is 0.0955. The maximum atomic E-state index is 15.1. The number of hydrogen-bond donors (Lipinski definition) is 0. The molecule has 1 heteroatoms. The summed E-state index contributed by atoms with van der Waals surface area (Å²) in [6.07, 6.45) is 15.7. The first-order valence-electron chi connectivity index (χ1n) is 13.3. The molecule has 1 aliphatic carbocycles. The number of halogens is 1. The van der Waals surface area contributed by atoms with Gasteiger partial charge in [0.05, 0.1) is 0 Å². The average Bonchev–Trinajstić information content (AvgIpc) is 2.89. The van der Waals surface area contributed by atoms with Crippen LogP contribution in [0.2, 0.25) is 0 Å². The summed E-state index contributed by atoms with van der Waals surface area (Å²) in [5.41, 5.74) is 6.48. The van der Waals surface area contributed by atoms with Crippen molar-refractivity contribution in [3.8, 4) is 11.1 Å². The van der Waals surface area contributed by atoms with E-state index in [1.54, 1.807) is 6.07 Å². The first kappa shape index (κ1) is 24.5. The fourth-order valence-electron chi connectivity index (χ4n) is 5.32. The molecule has 0 amide bonds. The fraction of sp³-hybridized carbons (Fsp3) is 0.394. The first-order chi connectivity index (χ1) is 16.7. The molecule has 0 saturated heterocycles. The van der Waals surface area contributed by atoms with Crippen LogP contribution in [0.1, 0.15) is 93.4 Å². The SMILES string of the molecule is CCCCCC1CCC(c2ccc(-c3ccc(/C=C/c4ccc(CC)cc4)cc3)c(F)c2)CC1. The van der Waals surface area contributed by atoms with Crippen LogP contribution in [0.3, 0.4) is 0 Å². The first-order valence-corrected chi connectivity index (χ1v) is 13.3. The summed E-state index contributed by atoms with van der Waals surface area (Å²) in [5, 5.41) is 0. The highest BCUT2D eigenvalue weighted by molar-refractivity contribution is 5.72. The molecule has 3 aromatic rings. The van der Waals surface area contributed by atoms with Gasteiger partial charge in [0.2, 0.25) is 0 Å². The summed E-state index contributed by atoms with van der Waals surface area (Å²) in [4.78, 5) is 0. The Morgan fingerprint density at radius 1 is 0.765 bits per heavy atom. The number of aryl methyl sites for hydroxylation is 1. The highest BCUT2D eigenvalue weighted by atomic mass is 19.1. The Morgan fingerprint density at radius 2 is 1.41 bits per heavy atom. The van der Waals surface area contributed by atoms with E-state index in [0.717, 1.165) is 23.5 Å². The fourth-order valence-corrected chi connectivity index (χ4v) is 5.32. The van der Waals surface area contributed by atoms with E-state index in [0.29, 0.717) is 11.5 Å². The van der Waals surface area contributed by atoms with Crippen LogP contribution in [0.15, 0.2) is 66.7 Å². The molecule has 0 nitrogen and oxygen atoms in total. The number of hydrogen-bond acceptors (Lipinski definition) is 0. The summed E-state index contributed by atoms with van der Waals surface area (Å²) >= 11 is 0. The Labute approximate surface area is 205 Å². The standard InChI is InChI=1S/C33H39F/c1-3-5-6-7-26-14-18-29(19-15-26)31-22-23-32(33(34)24-31)30-20-16-28(17-21-30)13-12-27-10-8-25(4-2)9-11-27/h8-13,16-17,20-24,26,29H,3-7,14-15,18-19H2,1-2H3/b13-12+. The summed E-state index contributed by atoms with van der Waals surface area (Å²) in [5.74, 6) is 1.31. The van der Waals surface area contributed by atoms with Crippen molar-refractivity contribution in [2.24, 2.45) is 5.92 Å². The lowest BCUT2D eigenvalue weighted by atomic mass is 9.77. The zero-order valence-corrected chi connectivity index (χ0v) is 20.9. The van der Waals surface area contributed by atoms with Crippen molar-refractivity contribution in [1.29, 1.82) is 0 Å². The average molecular weight is 455 g/mol. The van der Waals surface area contributed by atoms with Gasteiger partial charge >= 0.3 is 0 Å². The Balaban J connectivity index is 1.36. The van der Waals surface area contributed by atoms with Gasteiger partial charge in [0.25, 0.3) is 0 Å². The second-order valence-electron chi connectivity index (χ2n) is 10.0. The van der Waals surface area contributed by atoms with E-state index in [4.69, 9.17) is 0 Å². The van der Waals surface area contributed by atoms with Crippen LogP contribution in [0.5, 0.6) is 0 Å². The molecule has 178 valence electrons. The Hall–Kier alpha value is -2.67. The molecule has 1 saturated carbocycles. The lowest BCUT2D eigenvalue weighted by molar-refractivity contribution is 0.302. The lowest BCUT2D eigenvalue weighted by Gasteiger charge is -2.29. The Morgan fingerprint density at radius 3 is 2.00 bits per heavy atom. The summed E-state index contributed by atoms with van der Waals surface area (Å²) in [7, 11) is 0. The molecule has 0 heterocycles. The third-order valence-corrected chi connectivity index (χ3v) is 7.61. The quantitative estimate of drug-likeness (QED) is 0.223. The minimum atomic E-state index is -0.0955. The van der Waals surface area contributed by atoms with Gasteiger partial charge in [-0.3, -0.25) is 0 Å². The highest BCUT2D eigenvalue weighted by Gasteiger charge is 2.22. The zero-order valence-electron chi connectivity index (χ0n) is 20.9. The third-order valence-electron chi connectivity index (χ3n) is 7.61. The van der Waals surface area contributed by atoms with Crippen LogP contribution in [-0.2, 0) is 6.42 Å². The molecular weight excluding hydrogens is 415 g/mol. The van der Waals surface area contributed by atoms with Gasteiger partial charge in [-0.05, 0) is 77.8 Å². The van der Waals surface area contributed by atoms with Crippen LogP contribution < -0.4 is 0 Å². The Bertz CT molecular complexity index is 1050. The van der Waals surface area contributed by atoms with Crippen LogP contribution in [0.25, 0.3) is 23.3 Å². The monoisotopic (exact) mass is 454 g/mol. The number of rotatable bonds is 9. The molecule has 0 aromatic heterocycles. The highest BCUT2D eigenvalue weighted by Crippen LogP contribution is 2.39. The van der Waals surface area contributed by atoms with Gasteiger partial charge in [0.1, 0.15) is 5.82 Å². The van der Waals surface area contributed by atoms with E-state index in [2.05, 4.69) is 68.5 Å². The van der Waals surface area contributed by atoms with Crippen LogP contribution in [0.4, 0.5) is 4.39 Å². The topological polar surface area (TPSA) is 0 Å². The molecule has 3 aromatic carbocycles. The molecule has 4 rings (SSSR count). The normalized spacial score (nSPS) is 18.4. The summed E-state index contributed by atoms with van der Waals surface area (Å²) in [6, 6.07) is 22.8. The number of unbranched alkanes of at least 4 members (excludes halogenated alkanes) is 2. The van der Waals surface area contributed by atoms with Gasteiger partial charge in [-0.25, -0.2) is 4.39 Å². The van der Waals surface area contributed by atoms with Crippen molar-refractivity contribution in [2.75, 3.05) is 0 Å². The van der Waals surface area contributed by atoms with Crippen molar-refractivity contribution in [1.82, 2.24) is 0 Å². The van der Waals surface area contributed by atoms with Crippen molar-refractivity contribution >= 4 is 12.2 Å². The summed E-state index contributed by atoms with van der Waals surface area (Å²) in [6.45, 7) is 4.44. The van der Waals surface area contributed by atoms with Gasteiger partial charge < -0.3 is 0 Å². The van der Waals surface area contributed by atoms with Gasteiger partial charge in [-0.2, -0.15) is 0 Å². The molecule has 0 radical (unpaired) electrons. The van der Waals surface area contributed by atoms with Crippen LogP contribution in [-0.4, -0.2) is 0 Å². The van der Waals surface area contributed by atoms with Crippen LogP contribution in [0, 0.1) is 11.7 Å². The van der Waals surface area contributed by atoms with Crippen molar-refractivity contribution in [2.45, 2.75) is 77.6 Å². The minimum Gasteiger partial charge on any atom is -0.206 e. The molecular formula is C33H39F. The molecule has 0 N–H and O–H groups in total. The smallest absolute Gasteiger partial charge is 0.131 e. The molecule has 34 heavy (non-hydrogen) atoms. The largest absolute Gasteiger partial charge is 0.206 e. The van der Waals surface area contributed by atoms with E-state index in [-0.39, 0.29) is 5.82 Å². The van der Waals surface area contributed by atoms with E-state index in [9.17, 15) is 0 Å². The predicted octanol–water partition coefficient (Wildman–Crippen LogP) is 10.1. The number of benzene rings is 3. The van der Waals surface area contributed by atoms with Gasteiger partial charge in [0, 0.05) is 5.56 Å². The van der Waals surface area contributed by atoms with Crippen molar-refractivity contribution in [3.63, 3.8) is 0 Å². The van der Waals surface area contributed by atoms with Gasteiger partial charge in [-0.15, -0.1) is 0 Å². The molecule has 0 bridgehead atoms. The lowest BCUT2D eigenvalue weighted by Crippen LogP contribution is -2.13. The maximum absolute atomic E-state index is 15.1. The second kappa shape index (κ2) is 12.2. The van der Waals surface area contributed by atoms with E-state index < -0.39 is 0 Å². The van der Waals surface area contributed by atoms with Gasteiger partial charge in [0.15, 0.2) is 0 Å². The molecule has 1 fully saturated rings. The van der Waals surface area contributed by atoms with Crippen molar-refractivity contribution < 1.29 is 4.39 Å². The zero-order chi connectivity index (χ0) is 23.8. The third kappa shape index (κ3) is 6.47. The van der Waals surface area contributed by atoms with Crippen LogP contribution >= 0.6 is 0 Å². The molecule has 1 aliphatic rings. The maximum Gasteiger partial charge on any atom is 0.131 e. The Kier molecular flexibility index (Phi) is 8.74. The van der Waals surface area contributed by atoms with E-state index >= 15 is 4.39 Å². The molecule has 0 unspecified atom stereocenters. The molecule has 0 aliphatic heterocycles. The van der Waals surface area contributed by atoms with E-state index in [1.807, 2.05) is 18.2 Å². The van der Waals surface area contributed by atoms with Crippen molar-refractivity contribution in [3.05, 3.63) is 94.8 Å². The van der Waals surface area contributed by atoms with E-state index in [1.165, 1.54) is 68.1 Å². The molecule has 0 atom stereocenters. The molecule has 0 spiro atoms.